The Morgan fingerprint density at radius 2 is 1.68 bits per heavy atom. The fourth-order valence-corrected chi connectivity index (χ4v) is 5.98. The minimum atomic E-state index is -0.921. The fraction of sp³-hybridized carbons (Fsp3) is 0.414. The van der Waals surface area contributed by atoms with Crippen molar-refractivity contribution in [3.63, 3.8) is 0 Å². The van der Waals surface area contributed by atoms with E-state index in [4.69, 9.17) is 18.9 Å². The van der Waals surface area contributed by atoms with Gasteiger partial charge in [-0.3, -0.25) is 19.3 Å². The monoisotopic (exact) mass is 503 g/mol. The highest BCUT2D eigenvalue weighted by Crippen LogP contribution is 2.52. The maximum Gasteiger partial charge on any atom is 0.261 e. The van der Waals surface area contributed by atoms with E-state index in [1.54, 1.807) is 38.5 Å². The van der Waals surface area contributed by atoms with Crippen molar-refractivity contribution < 1.29 is 33.3 Å². The van der Waals surface area contributed by atoms with Crippen LogP contribution in [0.2, 0.25) is 0 Å². The van der Waals surface area contributed by atoms with Crippen molar-refractivity contribution in [2.24, 2.45) is 0 Å². The zero-order valence-electron chi connectivity index (χ0n) is 21.0. The first-order valence-corrected chi connectivity index (χ1v) is 12.8. The van der Waals surface area contributed by atoms with E-state index < -0.39 is 11.9 Å². The molecule has 2 bridgehead atoms. The summed E-state index contributed by atoms with van der Waals surface area (Å²) in [5.74, 6) is 0.595. The van der Waals surface area contributed by atoms with Crippen molar-refractivity contribution in [2.45, 2.75) is 56.8 Å². The Morgan fingerprint density at radius 1 is 0.973 bits per heavy atom. The van der Waals surface area contributed by atoms with Crippen LogP contribution in [0.15, 0.2) is 47.7 Å². The quantitative estimate of drug-likeness (QED) is 0.405. The van der Waals surface area contributed by atoms with E-state index in [1.807, 2.05) is 12.1 Å². The van der Waals surface area contributed by atoms with Crippen LogP contribution in [0.5, 0.6) is 11.5 Å². The van der Waals surface area contributed by atoms with E-state index >= 15 is 0 Å². The van der Waals surface area contributed by atoms with Crippen molar-refractivity contribution in [3.05, 3.63) is 70.0 Å². The molecule has 1 unspecified atom stereocenters. The first-order chi connectivity index (χ1) is 17.9. The zero-order chi connectivity index (χ0) is 25.7. The Labute approximate surface area is 215 Å². The number of ketones is 1. The minimum absolute atomic E-state index is 0.0631. The number of amides is 2. The molecule has 2 amide bonds. The lowest BCUT2D eigenvalue weighted by molar-refractivity contribution is -0.264. The van der Waals surface area contributed by atoms with Gasteiger partial charge in [-0.2, -0.15) is 0 Å². The van der Waals surface area contributed by atoms with Crippen molar-refractivity contribution in [1.82, 2.24) is 4.90 Å². The van der Waals surface area contributed by atoms with E-state index in [0.717, 1.165) is 23.3 Å². The summed E-state index contributed by atoms with van der Waals surface area (Å²) in [5, 5.41) is 0. The molecule has 8 heteroatoms. The maximum atomic E-state index is 12.9. The number of carbonyl (C=O) groups excluding carboxylic acids is 3. The number of carbonyl (C=O) groups is 3. The van der Waals surface area contributed by atoms with Crippen LogP contribution in [-0.4, -0.2) is 49.0 Å². The molecule has 0 N–H and O–H groups in total. The maximum absolute atomic E-state index is 12.9. The molecule has 2 atom stereocenters. The Kier molecular flexibility index (Phi) is 5.79. The summed E-state index contributed by atoms with van der Waals surface area (Å²) in [5.41, 5.74) is 3.44. The third-order valence-electron chi connectivity index (χ3n) is 7.77. The van der Waals surface area contributed by atoms with E-state index in [0.29, 0.717) is 73.3 Å². The lowest BCUT2D eigenvalue weighted by Gasteiger charge is -2.48. The Morgan fingerprint density at radius 3 is 2.38 bits per heavy atom. The van der Waals surface area contributed by atoms with Gasteiger partial charge in [-0.25, -0.2) is 0 Å². The minimum Gasteiger partial charge on any atom is -0.493 e. The number of fused-ring (bicyclic) bond motifs is 6. The molecule has 0 saturated heterocycles. The van der Waals surface area contributed by atoms with Gasteiger partial charge in [-0.1, -0.05) is 12.1 Å². The number of hydrogen-bond acceptors (Lipinski definition) is 7. The zero-order valence-corrected chi connectivity index (χ0v) is 21.0. The predicted octanol–water partition coefficient (Wildman–Crippen LogP) is 4.52. The van der Waals surface area contributed by atoms with Crippen LogP contribution in [0.1, 0.15) is 76.5 Å². The molecule has 0 spiro atoms. The second kappa shape index (κ2) is 9.03. The number of hydrogen-bond donors (Lipinski definition) is 0. The van der Waals surface area contributed by atoms with Gasteiger partial charge < -0.3 is 18.9 Å². The third-order valence-corrected chi connectivity index (χ3v) is 7.77. The SMILES string of the molecule is COc1cc2c(cc1OC)C1O[C@](CCCCN3C(=O)c4ccccc4C3=O)(C2)OC2=C1C(=O)CCC2. The number of methoxy groups -OCH3 is 2. The predicted molar refractivity (Wildman–Crippen MR) is 132 cm³/mol. The van der Waals surface area contributed by atoms with E-state index in [2.05, 4.69) is 0 Å². The molecule has 1 aliphatic carbocycles. The van der Waals surface area contributed by atoms with Gasteiger partial charge in [-0.15, -0.1) is 0 Å². The normalized spacial score (nSPS) is 23.9. The van der Waals surface area contributed by atoms with Crippen LogP contribution in [-0.2, 0) is 20.7 Å². The summed E-state index contributed by atoms with van der Waals surface area (Å²) in [6, 6.07) is 10.8. The molecule has 0 radical (unpaired) electrons. The first-order valence-electron chi connectivity index (χ1n) is 12.8. The summed E-state index contributed by atoms with van der Waals surface area (Å²) in [4.78, 5) is 39.7. The van der Waals surface area contributed by atoms with Crippen LogP contribution < -0.4 is 9.47 Å². The number of nitrogens with zero attached hydrogens (tertiary/aromatic N) is 1. The number of unbranched alkanes of at least 4 members (excludes halogenated alkanes) is 1. The van der Waals surface area contributed by atoms with Gasteiger partial charge in [0.15, 0.2) is 17.3 Å². The van der Waals surface area contributed by atoms with Gasteiger partial charge in [0, 0.05) is 32.2 Å². The van der Waals surface area contributed by atoms with Crippen molar-refractivity contribution >= 4 is 17.6 Å². The average molecular weight is 504 g/mol. The molecule has 0 fully saturated rings. The van der Waals surface area contributed by atoms with Crippen molar-refractivity contribution in [1.29, 1.82) is 0 Å². The highest BCUT2D eigenvalue weighted by atomic mass is 16.7. The van der Waals surface area contributed by atoms with E-state index in [-0.39, 0.29) is 17.6 Å². The highest BCUT2D eigenvalue weighted by molar-refractivity contribution is 6.21. The van der Waals surface area contributed by atoms with Crippen molar-refractivity contribution in [3.8, 4) is 11.5 Å². The van der Waals surface area contributed by atoms with Gasteiger partial charge in [0.1, 0.15) is 11.9 Å². The number of benzene rings is 2. The van der Waals surface area contributed by atoms with Gasteiger partial charge in [0.25, 0.3) is 11.8 Å². The summed E-state index contributed by atoms with van der Waals surface area (Å²) < 4.78 is 24.1. The molecule has 192 valence electrons. The first kappa shape index (κ1) is 23.7. The molecule has 8 nitrogen and oxygen atoms in total. The van der Waals surface area contributed by atoms with Gasteiger partial charge in [0.05, 0.1) is 30.9 Å². The van der Waals surface area contributed by atoms with Crippen LogP contribution in [0, 0.1) is 0 Å². The molecule has 3 heterocycles. The summed E-state index contributed by atoms with van der Waals surface area (Å²) in [6.07, 6.45) is 3.80. The fourth-order valence-electron chi connectivity index (χ4n) is 5.98. The molecule has 6 rings (SSSR count). The number of Topliss-reactive ketones (excluding diaryl/α,β-unsaturated/α-hetero) is 1. The second-order valence-corrected chi connectivity index (χ2v) is 9.97. The van der Waals surface area contributed by atoms with Crippen LogP contribution in [0.4, 0.5) is 0 Å². The van der Waals surface area contributed by atoms with E-state index in [1.165, 1.54) is 4.90 Å². The molecule has 37 heavy (non-hydrogen) atoms. The number of ether oxygens (including phenoxy) is 4. The molecule has 2 aromatic carbocycles. The standard InChI is InChI=1S/C29H29NO7/c1-34-23-14-17-16-29(12-5-6-13-30-27(32)18-8-3-4-9-19(18)28(30)33)36-22-11-7-10-21(31)25(22)26(37-29)20(17)15-24(23)35-2/h3-4,8-9,14-15,26H,5-7,10-13,16H2,1-2H3/t26?,29-/m1/s1. The van der Waals surface area contributed by atoms with Gasteiger partial charge in [0.2, 0.25) is 5.79 Å². The van der Waals surface area contributed by atoms with Crippen molar-refractivity contribution in [2.75, 3.05) is 20.8 Å². The largest absolute Gasteiger partial charge is 0.493 e. The Hall–Kier alpha value is -3.65. The molecule has 3 aliphatic heterocycles. The number of rotatable bonds is 7. The molecular weight excluding hydrogens is 474 g/mol. The number of allylic oxidation sites excluding steroid dienone is 1. The summed E-state index contributed by atoms with van der Waals surface area (Å²) in [7, 11) is 3.19. The Balaban J connectivity index is 1.23. The molecule has 0 saturated carbocycles. The average Bonchev–Trinajstić information content (AvgIpc) is 3.15. The molecule has 2 aromatic rings. The smallest absolute Gasteiger partial charge is 0.261 e. The lowest BCUT2D eigenvalue weighted by atomic mass is 9.80. The van der Waals surface area contributed by atoms with Crippen LogP contribution in [0.3, 0.4) is 0 Å². The number of imide groups is 1. The summed E-state index contributed by atoms with van der Waals surface area (Å²) >= 11 is 0. The van der Waals surface area contributed by atoms with Crippen LogP contribution >= 0.6 is 0 Å². The topological polar surface area (TPSA) is 91.4 Å². The third kappa shape index (κ3) is 3.82. The molecular formula is C29H29NO7. The van der Waals surface area contributed by atoms with Gasteiger partial charge in [-0.05, 0) is 54.7 Å². The van der Waals surface area contributed by atoms with Crippen LogP contribution in [0.25, 0.3) is 0 Å². The molecule has 0 aromatic heterocycles. The lowest BCUT2D eigenvalue weighted by Crippen LogP contribution is -2.48. The summed E-state index contributed by atoms with van der Waals surface area (Å²) in [6.45, 7) is 0.333. The van der Waals surface area contributed by atoms with Gasteiger partial charge >= 0.3 is 0 Å². The second-order valence-electron chi connectivity index (χ2n) is 9.97. The van der Waals surface area contributed by atoms with E-state index in [9.17, 15) is 14.4 Å². The highest BCUT2D eigenvalue weighted by Gasteiger charge is 2.50. The molecule has 4 aliphatic rings. The Bertz CT molecular complexity index is 1310.